The first kappa shape index (κ1) is 11.7. The van der Waals surface area contributed by atoms with Gasteiger partial charge in [0.2, 0.25) is 0 Å². The molecule has 0 N–H and O–H groups in total. The molecular formula is C12H18N2O. The number of aryl methyl sites for hydroxylation is 1. The third kappa shape index (κ3) is 3.70. The highest BCUT2D eigenvalue weighted by Gasteiger charge is 2.04. The van der Waals surface area contributed by atoms with Crippen molar-refractivity contribution in [1.82, 2.24) is 0 Å². The fourth-order valence-corrected chi connectivity index (χ4v) is 1.45. The summed E-state index contributed by atoms with van der Waals surface area (Å²) in [4.78, 5) is 10.7. The van der Waals surface area contributed by atoms with E-state index in [4.69, 9.17) is 0 Å². The number of rotatable bonds is 6. The van der Waals surface area contributed by atoms with E-state index < -0.39 is 0 Å². The highest BCUT2D eigenvalue weighted by Crippen LogP contribution is 2.16. The van der Waals surface area contributed by atoms with E-state index in [2.05, 4.69) is 12.2 Å². The lowest BCUT2D eigenvalue weighted by Crippen LogP contribution is -2.16. The van der Waals surface area contributed by atoms with Gasteiger partial charge < -0.3 is 0 Å². The second-order valence-corrected chi connectivity index (χ2v) is 3.75. The van der Waals surface area contributed by atoms with Gasteiger partial charge >= 0.3 is 0 Å². The molecule has 0 aliphatic heterocycles. The molecule has 0 amide bonds. The van der Waals surface area contributed by atoms with Crippen molar-refractivity contribution in [2.75, 3.05) is 11.6 Å². The second kappa shape index (κ2) is 6.17. The molecule has 0 aliphatic rings. The summed E-state index contributed by atoms with van der Waals surface area (Å²) in [6.07, 6.45) is 3.30. The van der Waals surface area contributed by atoms with Crippen molar-refractivity contribution in [2.24, 2.45) is 5.29 Å². The number of nitroso groups, excluding NO2 is 1. The van der Waals surface area contributed by atoms with Crippen molar-refractivity contribution in [3.05, 3.63) is 34.7 Å². The molecule has 15 heavy (non-hydrogen) atoms. The first-order valence-electron chi connectivity index (χ1n) is 5.45. The van der Waals surface area contributed by atoms with Gasteiger partial charge in [0.25, 0.3) is 0 Å². The van der Waals surface area contributed by atoms with Crippen molar-refractivity contribution >= 4 is 5.69 Å². The zero-order chi connectivity index (χ0) is 11.1. The predicted octanol–water partition coefficient (Wildman–Crippen LogP) is 3.67. The average Bonchev–Trinajstić information content (AvgIpc) is 2.26. The molecule has 0 spiro atoms. The van der Waals surface area contributed by atoms with E-state index in [-0.39, 0.29) is 0 Å². The van der Waals surface area contributed by atoms with Crippen LogP contribution in [0, 0.1) is 11.8 Å². The van der Waals surface area contributed by atoms with E-state index in [1.54, 1.807) is 0 Å². The lowest BCUT2D eigenvalue weighted by atomic mass is 10.2. The highest BCUT2D eigenvalue weighted by molar-refractivity contribution is 5.46. The summed E-state index contributed by atoms with van der Waals surface area (Å²) in [6, 6.07) is 7.85. The molecular weight excluding hydrogens is 188 g/mol. The average molecular weight is 206 g/mol. The summed E-state index contributed by atoms with van der Waals surface area (Å²) in [5.74, 6) is 0. The lowest BCUT2D eigenvalue weighted by molar-refractivity contribution is 0.687. The van der Waals surface area contributed by atoms with E-state index in [9.17, 15) is 4.91 Å². The van der Waals surface area contributed by atoms with Gasteiger partial charge in [-0.25, -0.2) is 5.01 Å². The first-order valence-corrected chi connectivity index (χ1v) is 5.45. The molecule has 0 heterocycles. The second-order valence-electron chi connectivity index (χ2n) is 3.75. The Bertz CT molecular complexity index is 295. The summed E-state index contributed by atoms with van der Waals surface area (Å²) >= 11 is 0. The SMILES string of the molecule is CCCCCN(N=O)c1ccc(C)cc1. The first-order chi connectivity index (χ1) is 7.27. The zero-order valence-corrected chi connectivity index (χ0v) is 9.44. The molecule has 0 atom stereocenters. The fraction of sp³-hybridized carbons (Fsp3) is 0.500. The lowest BCUT2D eigenvalue weighted by Gasteiger charge is -2.14. The van der Waals surface area contributed by atoms with E-state index in [1.807, 2.05) is 31.2 Å². The van der Waals surface area contributed by atoms with Crippen LogP contribution in [0.5, 0.6) is 0 Å². The van der Waals surface area contributed by atoms with Crippen LogP contribution in [0.2, 0.25) is 0 Å². The molecule has 0 saturated carbocycles. The van der Waals surface area contributed by atoms with Crippen LogP contribution in [0.25, 0.3) is 0 Å². The van der Waals surface area contributed by atoms with Crippen molar-refractivity contribution in [3.8, 4) is 0 Å². The monoisotopic (exact) mass is 206 g/mol. The van der Waals surface area contributed by atoms with Gasteiger partial charge in [-0.3, -0.25) is 0 Å². The maximum Gasteiger partial charge on any atom is 0.0626 e. The topological polar surface area (TPSA) is 32.7 Å². The summed E-state index contributed by atoms with van der Waals surface area (Å²) in [6.45, 7) is 4.88. The van der Waals surface area contributed by atoms with Gasteiger partial charge in [-0.15, -0.1) is 4.91 Å². The minimum absolute atomic E-state index is 0.709. The normalized spacial score (nSPS) is 10.0. The summed E-state index contributed by atoms with van der Waals surface area (Å²) < 4.78 is 0. The molecule has 3 nitrogen and oxygen atoms in total. The summed E-state index contributed by atoms with van der Waals surface area (Å²) in [5.41, 5.74) is 2.07. The largest absolute Gasteiger partial charge is 0.229 e. The third-order valence-corrected chi connectivity index (χ3v) is 2.40. The number of anilines is 1. The van der Waals surface area contributed by atoms with Crippen molar-refractivity contribution in [2.45, 2.75) is 33.1 Å². The van der Waals surface area contributed by atoms with E-state index >= 15 is 0 Å². The number of benzene rings is 1. The van der Waals surface area contributed by atoms with Crippen LogP contribution in [0.15, 0.2) is 29.6 Å². The van der Waals surface area contributed by atoms with Gasteiger partial charge in [-0.1, -0.05) is 37.5 Å². The quantitative estimate of drug-likeness (QED) is 0.404. The standard InChI is InChI=1S/C12H18N2O/c1-3-4-5-10-14(13-15)12-8-6-11(2)7-9-12/h6-9H,3-5,10H2,1-2H3. The predicted molar refractivity (Wildman–Crippen MR) is 63.8 cm³/mol. The molecule has 1 rings (SSSR count). The maximum absolute atomic E-state index is 10.7. The molecule has 82 valence electrons. The molecule has 0 fully saturated rings. The molecule has 0 unspecified atom stereocenters. The maximum atomic E-state index is 10.7. The van der Waals surface area contributed by atoms with Crippen LogP contribution < -0.4 is 5.01 Å². The number of unbranched alkanes of at least 4 members (excludes halogenated alkanes) is 2. The van der Waals surface area contributed by atoms with Crippen LogP contribution in [0.1, 0.15) is 31.7 Å². The van der Waals surface area contributed by atoms with Gasteiger partial charge in [0.05, 0.1) is 11.0 Å². The molecule has 1 aromatic carbocycles. The van der Waals surface area contributed by atoms with Gasteiger partial charge in [0.15, 0.2) is 0 Å². The van der Waals surface area contributed by atoms with Gasteiger partial charge in [-0.2, -0.15) is 0 Å². The van der Waals surface area contributed by atoms with E-state index in [1.165, 1.54) is 10.6 Å². The van der Waals surface area contributed by atoms with Crippen LogP contribution in [-0.4, -0.2) is 6.54 Å². The summed E-state index contributed by atoms with van der Waals surface area (Å²) in [5, 5.41) is 4.57. The zero-order valence-electron chi connectivity index (χ0n) is 9.44. The van der Waals surface area contributed by atoms with Gasteiger partial charge in [-0.05, 0) is 25.5 Å². The minimum Gasteiger partial charge on any atom is -0.229 e. The highest BCUT2D eigenvalue weighted by atomic mass is 16.3. The molecule has 0 aromatic heterocycles. The number of hydrogen-bond donors (Lipinski definition) is 0. The van der Waals surface area contributed by atoms with E-state index in [0.717, 1.165) is 24.9 Å². The third-order valence-electron chi connectivity index (χ3n) is 2.40. The van der Waals surface area contributed by atoms with Crippen LogP contribution in [-0.2, 0) is 0 Å². The fourth-order valence-electron chi connectivity index (χ4n) is 1.45. The van der Waals surface area contributed by atoms with Gasteiger partial charge in [0, 0.05) is 6.54 Å². The number of hydrogen-bond acceptors (Lipinski definition) is 2. The van der Waals surface area contributed by atoms with Crippen molar-refractivity contribution < 1.29 is 0 Å². The molecule has 0 aliphatic carbocycles. The molecule has 0 radical (unpaired) electrons. The van der Waals surface area contributed by atoms with Crippen LogP contribution in [0.3, 0.4) is 0 Å². The Hall–Kier alpha value is -1.38. The van der Waals surface area contributed by atoms with Gasteiger partial charge in [0.1, 0.15) is 0 Å². The molecule has 0 bridgehead atoms. The molecule has 3 heteroatoms. The minimum atomic E-state index is 0.709. The summed E-state index contributed by atoms with van der Waals surface area (Å²) in [7, 11) is 0. The number of nitrogens with zero attached hydrogens (tertiary/aromatic N) is 2. The van der Waals surface area contributed by atoms with Crippen molar-refractivity contribution in [1.29, 1.82) is 0 Å². The Morgan fingerprint density at radius 3 is 2.40 bits per heavy atom. The van der Waals surface area contributed by atoms with Crippen LogP contribution in [0.4, 0.5) is 5.69 Å². The smallest absolute Gasteiger partial charge is 0.0626 e. The molecule has 0 saturated heterocycles. The Labute approximate surface area is 91.0 Å². The Morgan fingerprint density at radius 1 is 1.20 bits per heavy atom. The van der Waals surface area contributed by atoms with Crippen LogP contribution >= 0.6 is 0 Å². The Morgan fingerprint density at radius 2 is 1.87 bits per heavy atom. The van der Waals surface area contributed by atoms with E-state index in [0.29, 0.717) is 6.54 Å². The van der Waals surface area contributed by atoms with Crippen molar-refractivity contribution in [3.63, 3.8) is 0 Å². The Balaban J connectivity index is 2.57. The molecule has 1 aromatic rings. The Kier molecular flexibility index (Phi) is 4.81.